The quantitative estimate of drug-likeness (QED) is 0.868. The van der Waals surface area contributed by atoms with E-state index in [2.05, 4.69) is 11.9 Å². The summed E-state index contributed by atoms with van der Waals surface area (Å²) in [6.45, 7) is 2.24. The van der Waals surface area contributed by atoms with Gasteiger partial charge in [-0.05, 0) is 57.4 Å². The van der Waals surface area contributed by atoms with Crippen molar-refractivity contribution in [2.75, 3.05) is 13.7 Å². The number of carbonyl (C=O) groups is 1. The number of esters is 1. The van der Waals surface area contributed by atoms with Crippen LogP contribution in [0.15, 0.2) is 24.3 Å². The van der Waals surface area contributed by atoms with Gasteiger partial charge in [0.25, 0.3) is 0 Å². The molecule has 3 atom stereocenters. The summed E-state index contributed by atoms with van der Waals surface area (Å²) in [6.07, 6.45) is 3.84. The van der Waals surface area contributed by atoms with Gasteiger partial charge in [-0.2, -0.15) is 0 Å². The molecular weight excluding hydrogens is 266 g/mol. The Labute approximate surface area is 125 Å². The van der Waals surface area contributed by atoms with Gasteiger partial charge in [0, 0.05) is 12.1 Å². The van der Waals surface area contributed by atoms with Crippen molar-refractivity contribution in [3.05, 3.63) is 29.8 Å². The van der Waals surface area contributed by atoms with E-state index in [1.807, 2.05) is 19.1 Å². The van der Waals surface area contributed by atoms with Crippen molar-refractivity contribution in [2.24, 2.45) is 0 Å². The molecule has 2 heterocycles. The van der Waals surface area contributed by atoms with Crippen LogP contribution in [-0.2, 0) is 14.9 Å². The number of rotatable bonds is 3. The van der Waals surface area contributed by atoms with Crippen molar-refractivity contribution in [3.63, 3.8) is 0 Å². The average Bonchev–Trinajstić information content (AvgIpc) is 2.70. The van der Waals surface area contributed by atoms with Gasteiger partial charge in [-0.25, -0.2) is 0 Å². The SMILES string of the molecule is CCOC(=O)C1(c2cccc(O)c2)C[C@H]2CC[C@@H](C1)N2C. The number of aromatic hydroxyl groups is 1. The summed E-state index contributed by atoms with van der Waals surface area (Å²) in [7, 11) is 2.15. The first-order chi connectivity index (χ1) is 10.1. The summed E-state index contributed by atoms with van der Waals surface area (Å²) in [6, 6.07) is 7.98. The number of hydrogen-bond donors (Lipinski definition) is 1. The highest BCUT2D eigenvalue weighted by molar-refractivity contribution is 5.84. The topological polar surface area (TPSA) is 49.8 Å². The minimum absolute atomic E-state index is 0.138. The summed E-state index contributed by atoms with van der Waals surface area (Å²) in [5, 5.41) is 9.81. The van der Waals surface area contributed by atoms with E-state index in [0.717, 1.165) is 31.2 Å². The maximum Gasteiger partial charge on any atom is 0.316 e. The zero-order chi connectivity index (χ0) is 15.0. The smallest absolute Gasteiger partial charge is 0.316 e. The lowest BCUT2D eigenvalue weighted by Crippen LogP contribution is -2.52. The Morgan fingerprint density at radius 2 is 2.05 bits per heavy atom. The van der Waals surface area contributed by atoms with Gasteiger partial charge in [0.2, 0.25) is 0 Å². The summed E-state index contributed by atoms with van der Waals surface area (Å²) in [5.74, 6) is 0.0723. The van der Waals surface area contributed by atoms with E-state index in [-0.39, 0.29) is 11.7 Å². The predicted molar refractivity (Wildman–Crippen MR) is 80.2 cm³/mol. The highest BCUT2D eigenvalue weighted by atomic mass is 16.5. The molecule has 2 bridgehead atoms. The minimum atomic E-state index is -0.604. The maximum absolute atomic E-state index is 12.7. The molecule has 114 valence electrons. The molecule has 21 heavy (non-hydrogen) atoms. The van der Waals surface area contributed by atoms with Crippen molar-refractivity contribution in [3.8, 4) is 5.75 Å². The van der Waals surface area contributed by atoms with Crippen molar-refractivity contribution in [1.82, 2.24) is 4.90 Å². The molecule has 1 aromatic rings. The molecule has 0 amide bonds. The Balaban J connectivity index is 2.02. The van der Waals surface area contributed by atoms with Gasteiger partial charge in [-0.1, -0.05) is 12.1 Å². The van der Waals surface area contributed by atoms with Crippen LogP contribution >= 0.6 is 0 Å². The number of ether oxygens (including phenoxy) is 1. The third kappa shape index (κ3) is 2.31. The second-order valence-electron chi connectivity index (χ2n) is 6.31. The van der Waals surface area contributed by atoms with Crippen molar-refractivity contribution in [1.29, 1.82) is 0 Å². The highest BCUT2D eigenvalue weighted by Crippen LogP contribution is 2.47. The molecule has 4 nitrogen and oxygen atoms in total. The van der Waals surface area contributed by atoms with Crippen LogP contribution in [0, 0.1) is 0 Å². The molecule has 0 aromatic heterocycles. The summed E-state index contributed by atoms with van der Waals surface area (Å²) < 4.78 is 5.40. The Bertz CT molecular complexity index is 529. The number of piperidine rings is 1. The zero-order valence-electron chi connectivity index (χ0n) is 12.7. The summed E-state index contributed by atoms with van der Waals surface area (Å²) in [5.41, 5.74) is 0.290. The maximum atomic E-state index is 12.7. The molecule has 2 fully saturated rings. The monoisotopic (exact) mass is 289 g/mol. The first kappa shape index (κ1) is 14.4. The Kier molecular flexibility index (Phi) is 3.66. The second-order valence-corrected chi connectivity index (χ2v) is 6.31. The molecule has 0 saturated carbocycles. The minimum Gasteiger partial charge on any atom is -0.508 e. The number of nitrogens with zero attached hydrogens (tertiary/aromatic N) is 1. The van der Waals surface area contributed by atoms with E-state index in [9.17, 15) is 9.90 Å². The van der Waals surface area contributed by atoms with Crippen LogP contribution in [0.2, 0.25) is 0 Å². The number of phenols is 1. The second kappa shape index (κ2) is 5.34. The van der Waals surface area contributed by atoms with Gasteiger partial charge in [0.15, 0.2) is 0 Å². The molecule has 2 aliphatic heterocycles. The molecule has 2 saturated heterocycles. The number of hydrogen-bond acceptors (Lipinski definition) is 4. The van der Waals surface area contributed by atoms with Gasteiger partial charge >= 0.3 is 5.97 Å². The Morgan fingerprint density at radius 3 is 2.62 bits per heavy atom. The Morgan fingerprint density at radius 1 is 1.38 bits per heavy atom. The van der Waals surface area contributed by atoms with Crippen LogP contribution in [-0.4, -0.2) is 41.7 Å². The molecule has 3 rings (SSSR count). The molecule has 4 heteroatoms. The van der Waals surface area contributed by atoms with Crippen LogP contribution in [0.1, 0.15) is 38.2 Å². The van der Waals surface area contributed by atoms with Gasteiger partial charge in [0.1, 0.15) is 5.75 Å². The zero-order valence-corrected chi connectivity index (χ0v) is 12.7. The third-order valence-corrected chi connectivity index (χ3v) is 5.22. The number of benzene rings is 1. The van der Waals surface area contributed by atoms with Gasteiger partial charge < -0.3 is 14.7 Å². The third-order valence-electron chi connectivity index (χ3n) is 5.22. The largest absolute Gasteiger partial charge is 0.508 e. The van der Waals surface area contributed by atoms with E-state index in [1.165, 1.54) is 0 Å². The van der Waals surface area contributed by atoms with Gasteiger partial charge in [0.05, 0.1) is 12.0 Å². The summed E-state index contributed by atoms with van der Waals surface area (Å²) in [4.78, 5) is 15.1. The lowest BCUT2D eigenvalue weighted by molar-refractivity contribution is -0.153. The average molecular weight is 289 g/mol. The highest BCUT2D eigenvalue weighted by Gasteiger charge is 2.52. The fourth-order valence-electron chi connectivity index (χ4n) is 4.06. The molecule has 1 unspecified atom stereocenters. The van der Waals surface area contributed by atoms with E-state index >= 15 is 0 Å². The molecule has 1 aromatic carbocycles. The molecule has 1 N–H and O–H groups in total. The van der Waals surface area contributed by atoms with E-state index in [1.54, 1.807) is 12.1 Å². The number of phenolic OH excluding ortho intramolecular Hbond substituents is 1. The molecule has 0 radical (unpaired) electrons. The number of fused-ring (bicyclic) bond motifs is 2. The molecule has 0 spiro atoms. The summed E-state index contributed by atoms with van der Waals surface area (Å²) >= 11 is 0. The first-order valence-corrected chi connectivity index (χ1v) is 7.75. The van der Waals surface area contributed by atoms with Gasteiger partial charge in [-0.15, -0.1) is 0 Å². The van der Waals surface area contributed by atoms with Crippen molar-refractivity contribution >= 4 is 5.97 Å². The number of carbonyl (C=O) groups excluding carboxylic acids is 1. The predicted octanol–water partition coefficient (Wildman–Crippen LogP) is 2.45. The van der Waals surface area contributed by atoms with E-state index in [4.69, 9.17) is 4.74 Å². The first-order valence-electron chi connectivity index (χ1n) is 7.75. The normalized spacial score (nSPS) is 32.1. The molecular formula is C17H23NO3. The Hall–Kier alpha value is -1.55. The molecule has 0 aliphatic carbocycles. The van der Waals surface area contributed by atoms with Crippen LogP contribution < -0.4 is 0 Å². The van der Waals surface area contributed by atoms with Crippen molar-refractivity contribution < 1.29 is 14.6 Å². The van der Waals surface area contributed by atoms with Gasteiger partial charge in [-0.3, -0.25) is 4.79 Å². The van der Waals surface area contributed by atoms with Crippen LogP contribution in [0.4, 0.5) is 0 Å². The fourth-order valence-corrected chi connectivity index (χ4v) is 4.06. The van der Waals surface area contributed by atoms with Crippen LogP contribution in [0.3, 0.4) is 0 Å². The van der Waals surface area contributed by atoms with Crippen LogP contribution in [0.25, 0.3) is 0 Å². The fraction of sp³-hybridized carbons (Fsp3) is 0.588. The lowest BCUT2D eigenvalue weighted by atomic mass is 9.70. The van der Waals surface area contributed by atoms with E-state index < -0.39 is 5.41 Å². The lowest BCUT2D eigenvalue weighted by Gasteiger charge is -2.43. The standard InChI is InChI=1S/C17H23NO3/c1-3-21-16(20)17(12-5-4-6-15(19)9-12)10-13-7-8-14(11-17)18(13)2/h4-6,9,13-14,19H,3,7-8,10-11H2,1-2H3/t13-,14+,17?. The molecule has 2 aliphatic rings. The van der Waals surface area contributed by atoms with Crippen molar-refractivity contribution in [2.45, 2.75) is 50.1 Å². The van der Waals surface area contributed by atoms with Crippen LogP contribution in [0.5, 0.6) is 5.75 Å². The van der Waals surface area contributed by atoms with E-state index in [0.29, 0.717) is 18.7 Å².